The predicted molar refractivity (Wildman–Crippen MR) is 191 cm³/mol. The zero-order valence-electron chi connectivity index (χ0n) is 32.3. The fraction of sp³-hybridized carbons (Fsp3) is 0.976. The molecule has 5 saturated carbocycles. The van der Waals surface area contributed by atoms with Gasteiger partial charge >= 0.3 is 5.97 Å². The fourth-order valence-electron chi connectivity index (χ4n) is 14.6. The summed E-state index contributed by atoms with van der Waals surface area (Å²) in [5, 5.41) is 71.6. The monoisotopic (exact) mass is 722 g/mol. The molecule has 6 aliphatic rings. The van der Waals surface area contributed by atoms with Crippen LogP contribution in [-0.2, 0) is 14.3 Å². The second kappa shape index (κ2) is 14.0. The topological polar surface area (TPSA) is 177 Å². The number of ether oxygens (including phenoxy) is 2. The van der Waals surface area contributed by atoms with Crippen molar-refractivity contribution in [3.8, 4) is 0 Å². The summed E-state index contributed by atoms with van der Waals surface area (Å²) in [5.41, 5.74) is 1.91. The van der Waals surface area contributed by atoms with E-state index >= 15 is 0 Å². The molecule has 6 rings (SSSR count). The highest BCUT2D eigenvalue weighted by molar-refractivity contribution is 5.73. The Balaban J connectivity index is 1.05. The Bertz CT molecular complexity index is 1260. The third-order valence-corrected chi connectivity index (χ3v) is 17.4. The van der Waals surface area contributed by atoms with Gasteiger partial charge in [0.1, 0.15) is 30.5 Å². The van der Waals surface area contributed by atoms with Crippen molar-refractivity contribution in [3.05, 3.63) is 0 Å². The molecule has 5 aliphatic carbocycles. The summed E-state index contributed by atoms with van der Waals surface area (Å²) in [7, 11) is 0. The fourth-order valence-corrected chi connectivity index (χ4v) is 14.6. The van der Waals surface area contributed by atoms with Crippen LogP contribution in [0.3, 0.4) is 0 Å². The van der Waals surface area contributed by atoms with Gasteiger partial charge in [-0.25, -0.2) is 4.79 Å². The molecule has 10 heteroatoms. The molecule has 6 fully saturated rings. The molecule has 0 amide bonds. The highest BCUT2D eigenvalue weighted by atomic mass is 16.7. The molecule has 0 bridgehead atoms. The lowest BCUT2D eigenvalue weighted by molar-refractivity contribution is -0.299. The normalized spacial score (nSPS) is 50.1. The van der Waals surface area contributed by atoms with E-state index in [2.05, 4.69) is 48.5 Å². The van der Waals surface area contributed by atoms with Crippen LogP contribution in [0.25, 0.3) is 0 Å². The standard InChI is InChI=1S/C41H70O10/c1-22(9-10-25(42)30(44)26(43)21-50-36-33(47)31(45)32(46)34(51-36)35(48)49)23-13-18-38(4)24(23)14-19-40(6)28(38)11-12-29-39(5)17-8-16-37(2,3)27(39)15-20-41(29,40)7/h22-34,36,42-47H,8-21H2,1-7H3,(H,48,49)/t22-,23?,24?,25?,26?,27?,28?,29?,30?,31+,32-,33-,34-,36-,38-,39-,40+,41+/m0/s1. The zero-order valence-corrected chi connectivity index (χ0v) is 32.3. The maximum atomic E-state index is 11.4. The first kappa shape index (κ1) is 39.8. The number of carboxylic acids is 1. The van der Waals surface area contributed by atoms with Gasteiger partial charge < -0.3 is 45.2 Å². The Hall–Kier alpha value is -0.850. The second-order valence-electron chi connectivity index (χ2n) is 20.1. The van der Waals surface area contributed by atoms with Crippen LogP contribution in [0.1, 0.15) is 132 Å². The number of rotatable bonds is 10. The average molecular weight is 723 g/mol. The number of aliphatic carboxylic acids is 1. The molecule has 1 heterocycles. The molecule has 1 aliphatic heterocycles. The van der Waals surface area contributed by atoms with E-state index in [1.165, 1.54) is 70.6 Å². The van der Waals surface area contributed by atoms with Crippen molar-refractivity contribution in [2.45, 2.75) is 181 Å². The lowest BCUT2D eigenvalue weighted by Gasteiger charge is -2.73. The highest BCUT2D eigenvalue weighted by Crippen LogP contribution is 2.78. The average Bonchev–Trinajstić information content (AvgIpc) is 3.41. The van der Waals surface area contributed by atoms with Crippen LogP contribution >= 0.6 is 0 Å². The van der Waals surface area contributed by atoms with Crippen LogP contribution in [0.2, 0.25) is 0 Å². The molecule has 18 atom stereocenters. The van der Waals surface area contributed by atoms with Crippen molar-refractivity contribution in [1.29, 1.82) is 0 Å². The number of hydrogen-bond acceptors (Lipinski definition) is 9. The second-order valence-corrected chi connectivity index (χ2v) is 20.1. The number of aliphatic hydroxyl groups excluding tert-OH is 6. The molecule has 8 unspecified atom stereocenters. The van der Waals surface area contributed by atoms with Crippen molar-refractivity contribution in [1.82, 2.24) is 0 Å². The lowest BCUT2D eigenvalue weighted by Crippen LogP contribution is -2.65. The molecular formula is C41H70O10. The Morgan fingerprint density at radius 2 is 1.35 bits per heavy atom. The first-order chi connectivity index (χ1) is 23.7. The van der Waals surface area contributed by atoms with Crippen molar-refractivity contribution in [2.75, 3.05) is 6.61 Å². The summed E-state index contributed by atoms with van der Waals surface area (Å²) < 4.78 is 10.4. The Morgan fingerprint density at radius 3 is 2.00 bits per heavy atom. The smallest absolute Gasteiger partial charge is 0.335 e. The summed E-state index contributed by atoms with van der Waals surface area (Å²) >= 11 is 0. The quantitative estimate of drug-likeness (QED) is 0.164. The minimum absolute atomic E-state index is 0.310. The minimum Gasteiger partial charge on any atom is -0.479 e. The van der Waals surface area contributed by atoms with E-state index in [-0.39, 0.29) is 0 Å². The van der Waals surface area contributed by atoms with Crippen molar-refractivity contribution >= 4 is 5.97 Å². The maximum absolute atomic E-state index is 11.4. The molecule has 0 radical (unpaired) electrons. The van der Waals surface area contributed by atoms with Crippen LogP contribution < -0.4 is 0 Å². The van der Waals surface area contributed by atoms with Gasteiger partial charge in [-0.15, -0.1) is 0 Å². The van der Waals surface area contributed by atoms with Crippen LogP contribution in [0.5, 0.6) is 0 Å². The maximum Gasteiger partial charge on any atom is 0.335 e. The van der Waals surface area contributed by atoms with E-state index in [0.29, 0.717) is 51.2 Å². The van der Waals surface area contributed by atoms with E-state index in [1.807, 2.05) is 0 Å². The molecule has 0 aromatic rings. The molecule has 0 aromatic carbocycles. The number of carbonyl (C=O) groups is 1. The molecule has 10 nitrogen and oxygen atoms in total. The van der Waals surface area contributed by atoms with Gasteiger partial charge in [0.25, 0.3) is 0 Å². The zero-order chi connectivity index (χ0) is 37.5. The van der Waals surface area contributed by atoms with Crippen molar-refractivity contribution in [3.63, 3.8) is 0 Å². The summed E-state index contributed by atoms with van der Waals surface area (Å²) in [6.45, 7) is 17.5. The number of aliphatic hydroxyl groups is 6. The Kier molecular flexibility index (Phi) is 11.0. The van der Waals surface area contributed by atoms with Crippen LogP contribution in [-0.4, -0.2) is 97.3 Å². The lowest BCUT2D eigenvalue weighted by atomic mass is 9.32. The van der Waals surface area contributed by atoms with Gasteiger partial charge in [-0.1, -0.05) is 54.9 Å². The van der Waals surface area contributed by atoms with Gasteiger partial charge in [0.15, 0.2) is 12.4 Å². The number of carboxylic acid groups (broad SMARTS) is 1. The summed E-state index contributed by atoms with van der Waals surface area (Å²) in [5.74, 6) is 2.38. The third-order valence-electron chi connectivity index (χ3n) is 17.4. The van der Waals surface area contributed by atoms with Gasteiger partial charge in [0.2, 0.25) is 0 Å². The molecule has 7 N–H and O–H groups in total. The van der Waals surface area contributed by atoms with Crippen LogP contribution in [0, 0.1) is 62.6 Å². The Labute approximate surface area is 305 Å². The van der Waals surface area contributed by atoms with Crippen molar-refractivity contribution in [2.24, 2.45) is 62.6 Å². The molecule has 294 valence electrons. The molecule has 51 heavy (non-hydrogen) atoms. The Morgan fingerprint density at radius 1 is 0.725 bits per heavy atom. The molecule has 0 aromatic heterocycles. The van der Waals surface area contributed by atoms with Gasteiger partial charge in [-0.2, -0.15) is 0 Å². The van der Waals surface area contributed by atoms with E-state index in [1.54, 1.807) is 0 Å². The predicted octanol–water partition coefficient (Wildman–Crippen LogP) is 4.89. The summed E-state index contributed by atoms with van der Waals surface area (Å²) in [4.78, 5) is 11.4. The van der Waals surface area contributed by atoms with Gasteiger partial charge in [-0.05, 0) is 140 Å². The van der Waals surface area contributed by atoms with Crippen LogP contribution in [0.15, 0.2) is 0 Å². The number of fused-ring (bicyclic) bond motifs is 7. The molecule has 0 spiro atoms. The minimum atomic E-state index is -1.86. The van der Waals surface area contributed by atoms with E-state index in [4.69, 9.17) is 9.47 Å². The molecule has 1 saturated heterocycles. The van der Waals surface area contributed by atoms with E-state index < -0.39 is 61.6 Å². The van der Waals surface area contributed by atoms with E-state index in [0.717, 1.165) is 24.2 Å². The van der Waals surface area contributed by atoms with E-state index in [9.17, 15) is 40.5 Å². The SMILES string of the molecule is C[C@@H](CCC(O)C(O)C(O)CO[C@H]1O[C@H](C(=O)O)[C@@H](O)[C@@H](O)[C@@H]1O)C1CC[C@@]2(C)C1CC[C@]1(C)C2CCC2[C@@]3(C)CCCC(C)(C)C3CC[C@]21C. The highest BCUT2D eigenvalue weighted by Gasteiger charge is 2.70. The summed E-state index contributed by atoms with van der Waals surface area (Å²) in [6.07, 6.45) is 2.42. The van der Waals surface area contributed by atoms with Crippen LogP contribution in [0.4, 0.5) is 0 Å². The van der Waals surface area contributed by atoms with Gasteiger partial charge in [-0.3, -0.25) is 0 Å². The third kappa shape index (κ3) is 6.35. The first-order valence-corrected chi connectivity index (χ1v) is 20.3. The summed E-state index contributed by atoms with van der Waals surface area (Å²) in [6, 6.07) is 0. The largest absolute Gasteiger partial charge is 0.479 e. The number of hydrogen-bond donors (Lipinski definition) is 7. The molecular weight excluding hydrogens is 652 g/mol. The van der Waals surface area contributed by atoms with Gasteiger partial charge in [0, 0.05) is 0 Å². The van der Waals surface area contributed by atoms with Gasteiger partial charge in [0.05, 0.1) is 12.7 Å². The van der Waals surface area contributed by atoms with Crippen molar-refractivity contribution < 1.29 is 50.0 Å². The first-order valence-electron chi connectivity index (χ1n) is 20.3.